The number of aliphatic imine (C=N–C) groups is 1. The van der Waals surface area contributed by atoms with E-state index in [1.165, 1.54) is 11.8 Å². The predicted octanol–water partition coefficient (Wildman–Crippen LogP) is 3.86. The molecule has 0 unspecified atom stereocenters. The van der Waals surface area contributed by atoms with Crippen molar-refractivity contribution in [1.29, 1.82) is 5.26 Å². The number of carbonyl (C=O) groups excluding carboxylic acids is 1. The minimum absolute atomic E-state index is 0.214. The number of carbonyl (C=O) groups is 1. The van der Waals surface area contributed by atoms with Crippen LogP contribution in [0.25, 0.3) is 0 Å². The van der Waals surface area contributed by atoms with Gasteiger partial charge in [0.1, 0.15) is 6.61 Å². The molecule has 6 nitrogen and oxygen atoms in total. The lowest BCUT2D eigenvalue weighted by Crippen LogP contribution is -2.13. The van der Waals surface area contributed by atoms with Gasteiger partial charge in [0.15, 0.2) is 11.4 Å². The number of ether oxygens (including phenoxy) is 1. The molecule has 0 radical (unpaired) electrons. The summed E-state index contributed by atoms with van der Waals surface area (Å²) in [7, 11) is 0. The smallest absolute Gasteiger partial charge is 0.411 e. The SMILES string of the molecule is CSC(=Nc1ccc(NC(=O)OCc2ccccc2)cc1)NC#N. The maximum Gasteiger partial charge on any atom is 0.411 e. The van der Waals surface area contributed by atoms with E-state index in [4.69, 9.17) is 10.00 Å². The molecule has 24 heavy (non-hydrogen) atoms. The van der Waals surface area contributed by atoms with Crippen LogP contribution in [0.15, 0.2) is 59.6 Å². The average Bonchev–Trinajstić information content (AvgIpc) is 2.62. The first-order valence-corrected chi connectivity index (χ1v) is 8.29. The highest BCUT2D eigenvalue weighted by molar-refractivity contribution is 8.13. The zero-order valence-electron chi connectivity index (χ0n) is 13.0. The van der Waals surface area contributed by atoms with E-state index >= 15 is 0 Å². The summed E-state index contributed by atoms with van der Waals surface area (Å²) in [5.41, 5.74) is 2.20. The Kier molecular flexibility index (Phi) is 6.68. The minimum atomic E-state index is -0.522. The summed E-state index contributed by atoms with van der Waals surface area (Å²) in [6, 6.07) is 16.4. The van der Waals surface area contributed by atoms with E-state index in [0.29, 0.717) is 16.5 Å². The number of anilines is 1. The summed E-state index contributed by atoms with van der Waals surface area (Å²) in [5, 5.41) is 14.2. The molecule has 0 bridgehead atoms. The van der Waals surface area contributed by atoms with Crippen LogP contribution in [0.2, 0.25) is 0 Å². The van der Waals surface area contributed by atoms with Crippen LogP contribution in [0.5, 0.6) is 0 Å². The number of amides is 1. The van der Waals surface area contributed by atoms with Crippen LogP contribution >= 0.6 is 11.8 Å². The number of rotatable bonds is 4. The van der Waals surface area contributed by atoms with Gasteiger partial charge in [-0.25, -0.2) is 9.79 Å². The molecule has 2 rings (SSSR count). The second kappa shape index (κ2) is 9.22. The molecule has 1 amide bonds. The van der Waals surface area contributed by atoms with E-state index in [9.17, 15) is 4.79 Å². The molecule has 0 heterocycles. The van der Waals surface area contributed by atoms with Crippen molar-refractivity contribution in [1.82, 2.24) is 5.32 Å². The first-order chi connectivity index (χ1) is 11.7. The van der Waals surface area contributed by atoms with E-state index in [-0.39, 0.29) is 6.61 Å². The van der Waals surface area contributed by atoms with Crippen LogP contribution in [0.4, 0.5) is 16.2 Å². The Labute approximate surface area is 144 Å². The van der Waals surface area contributed by atoms with Crippen LogP contribution in [0, 0.1) is 11.5 Å². The maximum atomic E-state index is 11.8. The zero-order chi connectivity index (χ0) is 17.2. The van der Waals surface area contributed by atoms with Gasteiger partial charge >= 0.3 is 6.09 Å². The normalized spacial score (nSPS) is 10.6. The molecule has 2 N–H and O–H groups in total. The molecule has 0 aliphatic heterocycles. The third-order valence-corrected chi connectivity index (χ3v) is 3.49. The third kappa shape index (κ3) is 5.66. The Morgan fingerprint density at radius 1 is 1.21 bits per heavy atom. The molecule has 0 saturated carbocycles. The Bertz CT molecular complexity index is 739. The van der Waals surface area contributed by atoms with Gasteiger partial charge in [0.05, 0.1) is 5.69 Å². The number of hydrogen-bond acceptors (Lipinski definition) is 5. The average molecular weight is 340 g/mol. The van der Waals surface area contributed by atoms with Crippen molar-refractivity contribution >= 4 is 34.4 Å². The van der Waals surface area contributed by atoms with Gasteiger partial charge in [-0.2, -0.15) is 5.26 Å². The lowest BCUT2D eigenvalue weighted by molar-refractivity contribution is 0.155. The first-order valence-electron chi connectivity index (χ1n) is 7.07. The highest BCUT2D eigenvalue weighted by Crippen LogP contribution is 2.18. The largest absolute Gasteiger partial charge is 0.444 e. The molecule has 0 aromatic heterocycles. The monoisotopic (exact) mass is 340 g/mol. The number of amidine groups is 1. The Balaban J connectivity index is 1.89. The topological polar surface area (TPSA) is 86.5 Å². The van der Waals surface area contributed by atoms with E-state index in [1.54, 1.807) is 24.3 Å². The molecule has 7 heteroatoms. The minimum Gasteiger partial charge on any atom is -0.444 e. The van der Waals surface area contributed by atoms with Gasteiger partial charge < -0.3 is 4.74 Å². The first kappa shape index (κ1) is 17.4. The summed E-state index contributed by atoms with van der Waals surface area (Å²) in [5.74, 6) is 0. The van der Waals surface area contributed by atoms with Gasteiger partial charge in [0.2, 0.25) is 0 Å². The molecule has 2 aromatic carbocycles. The summed E-state index contributed by atoms with van der Waals surface area (Å²) < 4.78 is 5.15. The van der Waals surface area contributed by atoms with E-state index in [2.05, 4.69) is 15.6 Å². The molecule has 122 valence electrons. The molecule has 0 fully saturated rings. The van der Waals surface area contributed by atoms with Gasteiger partial charge in [0, 0.05) is 5.69 Å². The maximum absolute atomic E-state index is 11.8. The van der Waals surface area contributed by atoms with Crippen molar-refractivity contribution < 1.29 is 9.53 Å². The van der Waals surface area contributed by atoms with Gasteiger partial charge in [-0.15, -0.1) is 0 Å². The summed E-state index contributed by atoms with van der Waals surface area (Å²) >= 11 is 1.34. The van der Waals surface area contributed by atoms with Gasteiger partial charge in [-0.1, -0.05) is 42.1 Å². The van der Waals surface area contributed by atoms with Crippen LogP contribution < -0.4 is 10.6 Å². The van der Waals surface area contributed by atoms with Crippen molar-refractivity contribution in [3.05, 3.63) is 60.2 Å². The second-order valence-electron chi connectivity index (χ2n) is 4.59. The standard InChI is InChI=1S/C17H16N4O2S/c1-24-16(19-12-18)20-14-7-9-15(10-8-14)21-17(22)23-11-13-5-3-2-4-6-13/h2-10H,11H2,1H3,(H,19,20)(H,21,22). The molecule has 0 aliphatic carbocycles. The molecule has 0 atom stereocenters. The number of nitriles is 1. The van der Waals surface area contributed by atoms with E-state index in [1.807, 2.05) is 42.8 Å². The number of hydrogen-bond donors (Lipinski definition) is 2. The van der Waals surface area contributed by atoms with Gasteiger partial charge in [-0.3, -0.25) is 10.6 Å². The van der Waals surface area contributed by atoms with Gasteiger partial charge in [0.25, 0.3) is 0 Å². The second-order valence-corrected chi connectivity index (χ2v) is 5.39. The molecule has 0 spiro atoms. The summed E-state index contributed by atoms with van der Waals surface area (Å²) in [6.45, 7) is 0.214. The summed E-state index contributed by atoms with van der Waals surface area (Å²) in [6.07, 6.45) is 3.13. The highest BCUT2D eigenvalue weighted by Gasteiger charge is 2.04. The fourth-order valence-electron chi connectivity index (χ4n) is 1.79. The van der Waals surface area contributed by atoms with Gasteiger partial charge in [-0.05, 0) is 36.1 Å². The Hall–Kier alpha value is -2.98. The van der Waals surface area contributed by atoms with Crippen molar-refractivity contribution in [3.63, 3.8) is 0 Å². The quantitative estimate of drug-likeness (QED) is 0.382. The molecular weight excluding hydrogens is 324 g/mol. The highest BCUT2D eigenvalue weighted by atomic mass is 32.2. The lowest BCUT2D eigenvalue weighted by Gasteiger charge is -2.07. The van der Waals surface area contributed by atoms with E-state index < -0.39 is 6.09 Å². The molecule has 2 aromatic rings. The van der Waals surface area contributed by atoms with Crippen molar-refractivity contribution in [3.8, 4) is 6.19 Å². The molecule has 0 aliphatic rings. The van der Waals surface area contributed by atoms with Crippen molar-refractivity contribution in [2.75, 3.05) is 11.6 Å². The van der Waals surface area contributed by atoms with Crippen LogP contribution in [-0.2, 0) is 11.3 Å². The Morgan fingerprint density at radius 2 is 1.92 bits per heavy atom. The van der Waals surface area contributed by atoms with Crippen LogP contribution in [0.3, 0.4) is 0 Å². The fourth-order valence-corrected chi connectivity index (χ4v) is 2.13. The fraction of sp³-hybridized carbons (Fsp3) is 0.118. The van der Waals surface area contributed by atoms with E-state index in [0.717, 1.165) is 5.56 Å². The summed E-state index contributed by atoms with van der Waals surface area (Å²) in [4.78, 5) is 16.0. The van der Waals surface area contributed by atoms with Crippen molar-refractivity contribution in [2.45, 2.75) is 6.61 Å². The van der Waals surface area contributed by atoms with Crippen LogP contribution in [0.1, 0.15) is 5.56 Å². The molecule has 0 saturated heterocycles. The zero-order valence-corrected chi connectivity index (χ0v) is 13.8. The number of nitrogens with one attached hydrogen (secondary N) is 2. The third-order valence-electron chi connectivity index (χ3n) is 2.91. The lowest BCUT2D eigenvalue weighted by atomic mass is 10.2. The predicted molar refractivity (Wildman–Crippen MR) is 96.1 cm³/mol. The number of thioether (sulfide) groups is 1. The van der Waals surface area contributed by atoms with Crippen molar-refractivity contribution in [2.24, 2.45) is 4.99 Å². The Morgan fingerprint density at radius 3 is 2.54 bits per heavy atom. The number of benzene rings is 2. The molecular formula is C17H16N4O2S. The number of nitrogens with zero attached hydrogens (tertiary/aromatic N) is 2. The van der Waals surface area contributed by atoms with Crippen LogP contribution in [-0.4, -0.2) is 17.5 Å².